The van der Waals surface area contributed by atoms with E-state index >= 15 is 0 Å². The van der Waals surface area contributed by atoms with Crippen LogP contribution in [0.2, 0.25) is 0 Å². The molecule has 7 nitrogen and oxygen atoms in total. The van der Waals surface area contributed by atoms with Crippen LogP contribution < -0.4 is 0 Å². The fourth-order valence-corrected chi connectivity index (χ4v) is 3.57. The Hall–Kier alpha value is -3.00. The number of esters is 2. The second kappa shape index (κ2) is 11.0. The number of carbonyl (C=O) groups is 2. The molecule has 4 atom stereocenters. The van der Waals surface area contributed by atoms with Crippen LogP contribution in [-0.2, 0) is 46.5 Å². The molecule has 0 saturated carbocycles. The number of hydrogen-bond acceptors (Lipinski definition) is 7. The normalized spacial score (nSPS) is 24.6. The molecule has 0 aliphatic carbocycles. The summed E-state index contributed by atoms with van der Waals surface area (Å²) in [5.74, 6) is -1.12. The minimum Gasteiger partial charge on any atom is -0.453 e. The van der Waals surface area contributed by atoms with Gasteiger partial charge in [-0.25, -0.2) is 0 Å². The van der Waals surface area contributed by atoms with Gasteiger partial charge < -0.3 is 23.7 Å². The molecule has 0 bridgehead atoms. The summed E-state index contributed by atoms with van der Waals surface area (Å²) < 4.78 is 29.0. The molecule has 1 aliphatic heterocycles. The molecule has 0 N–H and O–H groups in total. The van der Waals surface area contributed by atoms with Crippen molar-refractivity contribution < 1.29 is 33.3 Å². The zero-order valence-corrected chi connectivity index (χ0v) is 18.3. The maximum Gasteiger partial charge on any atom is 0.305 e. The van der Waals surface area contributed by atoms with Gasteiger partial charge in [-0.2, -0.15) is 0 Å². The Kier molecular flexibility index (Phi) is 8.16. The van der Waals surface area contributed by atoms with Gasteiger partial charge in [-0.05, 0) is 11.1 Å². The maximum absolute atomic E-state index is 11.8. The van der Waals surface area contributed by atoms with E-state index in [1.165, 1.54) is 13.8 Å². The smallest absolute Gasteiger partial charge is 0.305 e. The van der Waals surface area contributed by atoms with Gasteiger partial charge in [-0.3, -0.25) is 9.59 Å². The van der Waals surface area contributed by atoms with E-state index in [0.29, 0.717) is 6.61 Å². The molecule has 0 amide bonds. The first-order valence-electron chi connectivity index (χ1n) is 10.4. The van der Waals surface area contributed by atoms with E-state index in [0.717, 1.165) is 11.1 Å². The van der Waals surface area contributed by atoms with Crippen molar-refractivity contribution in [3.8, 4) is 0 Å². The van der Waals surface area contributed by atoms with Crippen molar-refractivity contribution in [1.29, 1.82) is 0 Å². The van der Waals surface area contributed by atoms with E-state index in [-0.39, 0.29) is 13.2 Å². The molecule has 0 unspecified atom stereocenters. The van der Waals surface area contributed by atoms with Crippen LogP contribution in [0.4, 0.5) is 0 Å². The molecule has 170 valence electrons. The molecule has 32 heavy (non-hydrogen) atoms. The molecule has 1 fully saturated rings. The highest BCUT2D eigenvalue weighted by Gasteiger charge is 2.58. The van der Waals surface area contributed by atoms with E-state index in [4.69, 9.17) is 23.7 Å². The van der Waals surface area contributed by atoms with Crippen molar-refractivity contribution in [2.24, 2.45) is 0 Å². The van der Waals surface area contributed by atoms with Crippen molar-refractivity contribution in [2.75, 3.05) is 6.61 Å². The summed E-state index contributed by atoms with van der Waals surface area (Å²) in [5.41, 5.74) is 0.705. The highest BCUT2D eigenvalue weighted by molar-refractivity contribution is 5.67. The summed E-state index contributed by atoms with van der Waals surface area (Å²) in [5, 5.41) is 0. The van der Waals surface area contributed by atoms with Gasteiger partial charge in [0.1, 0.15) is 11.7 Å². The summed E-state index contributed by atoms with van der Waals surface area (Å²) in [7, 11) is 0. The lowest BCUT2D eigenvalue weighted by molar-refractivity contribution is -0.204. The SMILES string of the molecule is C=C[C@]1(COCc2ccccc2)O[C@H](OC(C)=O)[C@H](OC(C)=O)[C@@H]1OCc1ccccc1. The lowest BCUT2D eigenvalue weighted by Crippen LogP contribution is -2.48. The fourth-order valence-electron chi connectivity index (χ4n) is 3.57. The third-order valence-corrected chi connectivity index (χ3v) is 5.03. The second-order valence-corrected chi connectivity index (χ2v) is 7.52. The topological polar surface area (TPSA) is 80.3 Å². The van der Waals surface area contributed by atoms with Crippen molar-refractivity contribution in [2.45, 2.75) is 51.2 Å². The zero-order chi connectivity index (χ0) is 23.0. The van der Waals surface area contributed by atoms with Crippen LogP contribution in [-0.4, -0.2) is 42.6 Å². The molecule has 2 aromatic carbocycles. The predicted octanol–water partition coefficient (Wildman–Crippen LogP) is 3.56. The molecule has 0 aromatic heterocycles. The van der Waals surface area contributed by atoms with Crippen LogP contribution >= 0.6 is 0 Å². The Balaban J connectivity index is 1.83. The molecule has 1 heterocycles. The maximum atomic E-state index is 11.8. The molecule has 3 rings (SSSR count). The Labute approximate surface area is 187 Å². The van der Waals surface area contributed by atoms with E-state index in [2.05, 4.69) is 6.58 Å². The number of rotatable bonds is 10. The number of ether oxygens (including phenoxy) is 5. The van der Waals surface area contributed by atoms with Crippen LogP contribution in [0.3, 0.4) is 0 Å². The van der Waals surface area contributed by atoms with Crippen LogP contribution in [0.15, 0.2) is 73.3 Å². The highest BCUT2D eigenvalue weighted by atomic mass is 16.8. The number of hydrogen-bond donors (Lipinski definition) is 0. The molecule has 2 aromatic rings. The summed E-state index contributed by atoms with van der Waals surface area (Å²) in [6, 6.07) is 19.2. The van der Waals surface area contributed by atoms with Gasteiger partial charge >= 0.3 is 11.9 Å². The van der Waals surface area contributed by atoms with Gasteiger partial charge in [0.05, 0.1) is 19.8 Å². The standard InChI is InChI=1S/C25H28O7/c1-4-25(17-28-15-20-11-7-5-8-12-20)23(29-16-21-13-9-6-10-14-21)22(30-18(2)26)24(32-25)31-19(3)27/h4-14,22-24H,1,15-17H2,2-3H3/t22-,23+,24+,25-/m1/s1. The molecular formula is C25H28O7. The summed E-state index contributed by atoms with van der Waals surface area (Å²) in [6.45, 7) is 7.06. The van der Waals surface area contributed by atoms with Crippen LogP contribution in [0.5, 0.6) is 0 Å². The lowest BCUT2D eigenvalue weighted by Gasteiger charge is -2.31. The summed E-state index contributed by atoms with van der Waals surface area (Å²) >= 11 is 0. The fraction of sp³-hybridized carbons (Fsp3) is 0.360. The summed E-state index contributed by atoms with van der Waals surface area (Å²) in [6.07, 6.45) is -1.41. The molecule has 0 spiro atoms. The van der Waals surface area contributed by atoms with Gasteiger partial charge in [0, 0.05) is 13.8 Å². The summed E-state index contributed by atoms with van der Waals surface area (Å²) in [4.78, 5) is 23.5. The molecule has 0 radical (unpaired) electrons. The van der Waals surface area contributed by atoms with Gasteiger partial charge in [-0.15, -0.1) is 6.58 Å². The van der Waals surface area contributed by atoms with Gasteiger partial charge in [0.15, 0.2) is 6.10 Å². The van der Waals surface area contributed by atoms with Crippen molar-refractivity contribution in [3.05, 3.63) is 84.4 Å². The number of benzene rings is 2. The minimum atomic E-state index is -1.20. The zero-order valence-electron chi connectivity index (χ0n) is 18.3. The minimum absolute atomic E-state index is 0.0559. The van der Waals surface area contributed by atoms with E-state index < -0.39 is 36.0 Å². The first-order chi connectivity index (χ1) is 15.4. The largest absolute Gasteiger partial charge is 0.453 e. The molecule has 1 saturated heterocycles. The quantitative estimate of drug-likeness (QED) is 0.413. The monoisotopic (exact) mass is 440 g/mol. The molecule has 1 aliphatic rings. The van der Waals surface area contributed by atoms with Crippen LogP contribution in [0.25, 0.3) is 0 Å². The Morgan fingerprint density at radius 1 is 0.938 bits per heavy atom. The molecule has 7 heteroatoms. The van der Waals surface area contributed by atoms with Crippen molar-refractivity contribution in [3.63, 3.8) is 0 Å². The van der Waals surface area contributed by atoms with Crippen LogP contribution in [0, 0.1) is 0 Å². The second-order valence-electron chi connectivity index (χ2n) is 7.52. The van der Waals surface area contributed by atoms with E-state index in [1.54, 1.807) is 6.08 Å². The predicted molar refractivity (Wildman–Crippen MR) is 116 cm³/mol. The van der Waals surface area contributed by atoms with Crippen molar-refractivity contribution in [1.82, 2.24) is 0 Å². The molecular weight excluding hydrogens is 412 g/mol. The highest BCUT2D eigenvalue weighted by Crippen LogP contribution is 2.38. The first kappa shape index (κ1) is 23.7. The first-order valence-corrected chi connectivity index (χ1v) is 10.4. The van der Waals surface area contributed by atoms with Gasteiger partial charge in [0.2, 0.25) is 6.29 Å². The van der Waals surface area contributed by atoms with E-state index in [1.807, 2.05) is 60.7 Å². The third-order valence-electron chi connectivity index (χ3n) is 5.03. The van der Waals surface area contributed by atoms with Crippen LogP contribution in [0.1, 0.15) is 25.0 Å². The van der Waals surface area contributed by atoms with Gasteiger partial charge in [0.25, 0.3) is 0 Å². The Bertz CT molecular complexity index is 899. The average Bonchev–Trinajstić information content (AvgIpc) is 3.05. The third kappa shape index (κ3) is 6.03. The number of carbonyl (C=O) groups excluding carboxylic acids is 2. The average molecular weight is 440 g/mol. The van der Waals surface area contributed by atoms with Crippen molar-refractivity contribution >= 4 is 11.9 Å². The Morgan fingerprint density at radius 2 is 1.50 bits per heavy atom. The Morgan fingerprint density at radius 3 is 2.03 bits per heavy atom. The van der Waals surface area contributed by atoms with E-state index in [9.17, 15) is 9.59 Å². The lowest BCUT2D eigenvalue weighted by atomic mass is 9.95. The van der Waals surface area contributed by atoms with Gasteiger partial charge in [-0.1, -0.05) is 66.7 Å².